The molecule has 0 bridgehead atoms. The van der Waals surface area contributed by atoms with Crippen LogP contribution in [0.1, 0.15) is 17.5 Å². The fourth-order valence-electron chi connectivity index (χ4n) is 3.07. The van der Waals surface area contributed by atoms with Crippen LogP contribution in [0.5, 0.6) is 0 Å². The van der Waals surface area contributed by atoms with Gasteiger partial charge in [0.1, 0.15) is 0 Å². The van der Waals surface area contributed by atoms with Crippen molar-refractivity contribution >= 4 is 12.2 Å². The number of hydrogen-bond acceptors (Lipinski definition) is 7. The second kappa shape index (κ2) is 9.25. The highest BCUT2D eigenvalue weighted by atomic mass is 15.1. The molecule has 27 heavy (non-hydrogen) atoms. The van der Waals surface area contributed by atoms with Crippen molar-refractivity contribution in [1.82, 2.24) is 25.9 Å². The molecule has 1 atom stereocenters. The average molecular weight is 365 g/mol. The fourth-order valence-corrected chi connectivity index (χ4v) is 3.07. The van der Waals surface area contributed by atoms with E-state index in [1.165, 1.54) is 17.3 Å². The van der Waals surface area contributed by atoms with E-state index in [1.54, 1.807) is 6.20 Å². The molecule has 0 saturated carbocycles. The van der Waals surface area contributed by atoms with E-state index in [0.29, 0.717) is 17.7 Å². The largest absolute Gasteiger partial charge is 0.385 e. The molecule has 0 aliphatic carbocycles. The first-order valence-electron chi connectivity index (χ1n) is 9.21. The summed E-state index contributed by atoms with van der Waals surface area (Å²) in [7, 11) is 1.95. The highest BCUT2D eigenvalue weighted by Gasteiger charge is 2.12. The van der Waals surface area contributed by atoms with Crippen LogP contribution in [0.2, 0.25) is 0 Å². The summed E-state index contributed by atoms with van der Waals surface area (Å²) < 4.78 is 0. The first-order chi connectivity index (χ1) is 13.2. The normalized spacial score (nSPS) is 17.0. The Morgan fingerprint density at radius 2 is 2.26 bits per heavy atom. The maximum Gasteiger partial charge on any atom is 0.227 e. The molecule has 2 heterocycles. The van der Waals surface area contributed by atoms with E-state index < -0.39 is 0 Å². The molecule has 142 valence electrons. The van der Waals surface area contributed by atoms with E-state index in [-0.39, 0.29) is 0 Å². The van der Waals surface area contributed by atoms with Crippen LogP contribution in [0.25, 0.3) is 11.3 Å². The van der Waals surface area contributed by atoms with Crippen molar-refractivity contribution in [2.75, 3.05) is 25.5 Å². The van der Waals surface area contributed by atoms with Crippen LogP contribution in [0.15, 0.2) is 42.4 Å². The molecule has 2 aromatic rings. The molecule has 1 aliphatic heterocycles. The quantitative estimate of drug-likeness (QED) is 0.459. The third-order valence-electron chi connectivity index (χ3n) is 4.61. The monoisotopic (exact) mass is 365 g/mol. The Hall–Kier alpha value is -2.77. The lowest BCUT2D eigenvalue weighted by atomic mass is 10.0. The number of allylic oxidation sites excluding steroid dienone is 1. The minimum Gasteiger partial charge on any atom is -0.385 e. The van der Waals surface area contributed by atoms with Crippen LogP contribution < -0.4 is 21.3 Å². The first-order valence-corrected chi connectivity index (χ1v) is 9.21. The van der Waals surface area contributed by atoms with E-state index in [4.69, 9.17) is 5.41 Å². The zero-order valence-corrected chi connectivity index (χ0v) is 15.8. The van der Waals surface area contributed by atoms with Crippen molar-refractivity contribution in [3.8, 4) is 11.3 Å². The Balaban J connectivity index is 1.73. The lowest BCUT2D eigenvalue weighted by molar-refractivity contribution is 0.637. The summed E-state index contributed by atoms with van der Waals surface area (Å²) in [6, 6.07) is 8.63. The lowest BCUT2D eigenvalue weighted by Gasteiger charge is -2.11. The molecule has 0 spiro atoms. The molecule has 1 fully saturated rings. The van der Waals surface area contributed by atoms with Crippen LogP contribution >= 0.6 is 0 Å². The number of anilines is 1. The molecule has 0 radical (unpaired) electrons. The predicted octanol–water partition coefficient (Wildman–Crippen LogP) is 2.03. The zero-order valence-electron chi connectivity index (χ0n) is 15.8. The van der Waals surface area contributed by atoms with Gasteiger partial charge in [-0.15, -0.1) is 0 Å². The van der Waals surface area contributed by atoms with Crippen molar-refractivity contribution in [3.63, 3.8) is 0 Å². The van der Waals surface area contributed by atoms with Crippen molar-refractivity contribution in [1.29, 1.82) is 5.41 Å². The van der Waals surface area contributed by atoms with Gasteiger partial charge >= 0.3 is 0 Å². The summed E-state index contributed by atoms with van der Waals surface area (Å²) in [4.78, 5) is 8.89. The van der Waals surface area contributed by atoms with Gasteiger partial charge in [-0.2, -0.15) is 0 Å². The third-order valence-corrected chi connectivity index (χ3v) is 4.61. The zero-order chi connectivity index (χ0) is 19.1. The molecular weight excluding hydrogens is 338 g/mol. The highest BCUT2D eigenvalue weighted by Crippen LogP contribution is 2.21. The Bertz CT molecular complexity index is 810. The van der Waals surface area contributed by atoms with Crippen LogP contribution in [-0.2, 0) is 6.54 Å². The maximum atomic E-state index is 7.62. The highest BCUT2D eigenvalue weighted by molar-refractivity contribution is 5.79. The predicted molar refractivity (Wildman–Crippen MR) is 110 cm³/mol. The van der Waals surface area contributed by atoms with E-state index in [9.17, 15) is 0 Å². The Kier molecular flexibility index (Phi) is 6.51. The van der Waals surface area contributed by atoms with E-state index in [0.717, 1.165) is 37.3 Å². The summed E-state index contributed by atoms with van der Waals surface area (Å²) in [5.74, 6) is 0.477. The van der Waals surface area contributed by atoms with E-state index >= 15 is 0 Å². The molecule has 1 aromatic heterocycles. The molecule has 7 heteroatoms. The summed E-state index contributed by atoms with van der Waals surface area (Å²) >= 11 is 0. The van der Waals surface area contributed by atoms with Gasteiger partial charge < -0.3 is 26.7 Å². The van der Waals surface area contributed by atoms with Crippen molar-refractivity contribution in [2.24, 2.45) is 0 Å². The maximum absolute atomic E-state index is 7.62. The van der Waals surface area contributed by atoms with Gasteiger partial charge in [-0.25, -0.2) is 9.97 Å². The average Bonchev–Trinajstić information content (AvgIpc) is 3.20. The summed E-state index contributed by atoms with van der Waals surface area (Å²) in [5.41, 5.74) is 5.02. The van der Waals surface area contributed by atoms with E-state index in [2.05, 4.69) is 56.4 Å². The van der Waals surface area contributed by atoms with E-state index in [1.807, 2.05) is 19.3 Å². The Morgan fingerprint density at radius 3 is 2.96 bits per heavy atom. The number of nitrogens with one attached hydrogen (secondary N) is 5. The molecule has 7 nitrogen and oxygen atoms in total. The minimum atomic E-state index is 0.396. The lowest BCUT2D eigenvalue weighted by Crippen LogP contribution is -2.27. The second-order valence-electron chi connectivity index (χ2n) is 6.66. The van der Waals surface area contributed by atoms with Gasteiger partial charge in [0.25, 0.3) is 0 Å². The van der Waals surface area contributed by atoms with Crippen molar-refractivity contribution in [2.45, 2.75) is 25.9 Å². The number of aromatic nitrogens is 2. The number of benzene rings is 1. The number of aryl methyl sites for hydroxylation is 1. The smallest absolute Gasteiger partial charge is 0.227 e. The molecular formula is C20H27N7. The number of nitrogens with zero attached hydrogens (tertiary/aromatic N) is 2. The van der Waals surface area contributed by atoms with Gasteiger partial charge in [-0.3, -0.25) is 0 Å². The van der Waals surface area contributed by atoms with Gasteiger partial charge in [0.05, 0.1) is 11.4 Å². The fraction of sp³-hybridized carbons (Fsp3) is 0.350. The van der Waals surface area contributed by atoms with Gasteiger partial charge in [0, 0.05) is 43.3 Å². The molecule has 1 saturated heterocycles. The summed E-state index contributed by atoms with van der Waals surface area (Å²) in [6.07, 6.45) is 5.90. The second-order valence-corrected chi connectivity index (χ2v) is 6.66. The third kappa shape index (κ3) is 5.12. The van der Waals surface area contributed by atoms with Gasteiger partial charge in [0.2, 0.25) is 5.95 Å². The van der Waals surface area contributed by atoms with Gasteiger partial charge in [-0.05, 0) is 50.2 Å². The SMILES string of the molecule is CNCc1ccc(-c2ccnc(N/C(C=N)=C/NC3CCNC3)n2)cc1C. The van der Waals surface area contributed by atoms with Crippen molar-refractivity contribution < 1.29 is 0 Å². The number of hydrogen-bond donors (Lipinski definition) is 5. The van der Waals surface area contributed by atoms with Gasteiger partial charge in [0.15, 0.2) is 0 Å². The summed E-state index contributed by atoms with van der Waals surface area (Å²) in [6.45, 7) is 4.92. The standard InChI is InChI=1S/C20H27N7/c1-14-9-15(3-4-16(14)11-22-2)19-6-8-24-20(27-19)26-18(10-21)13-25-17-5-7-23-12-17/h3-4,6,8-10,13,17,21-23,25H,5,7,11-12H2,1-2H3,(H,24,26,27)/b18-13+,21-10?. The van der Waals surface area contributed by atoms with Crippen molar-refractivity contribution in [3.05, 3.63) is 53.5 Å². The Labute approximate surface area is 160 Å². The van der Waals surface area contributed by atoms with Gasteiger partial charge in [-0.1, -0.05) is 12.1 Å². The summed E-state index contributed by atoms with van der Waals surface area (Å²) in [5, 5.41) is 20.5. The molecule has 1 aliphatic rings. The molecule has 1 aromatic carbocycles. The topological polar surface area (TPSA) is 97.8 Å². The van der Waals surface area contributed by atoms with Crippen LogP contribution in [0.3, 0.4) is 0 Å². The molecule has 5 N–H and O–H groups in total. The Morgan fingerprint density at radius 1 is 1.37 bits per heavy atom. The van der Waals surface area contributed by atoms with Crippen LogP contribution in [0, 0.1) is 12.3 Å². The molecule has 3 rings (SSSR count). The van der Waals surface area contributed by atoms with Crippen LogP contribution in [-0.4, -0.2) is 42.4 Å². The molecule has 1 unspecified atom stereocenters. The molecule has 0 amide bonds. The van der Waals surface area contributed by atoms with Crippen LogP contribution in [0.4, 0.5) is 5.95 Å². The first kappa shape index (κ1) is 19.0. The minimum absolute atomic E-state index is 0.396. The number of rotatable bonds is 8.